The van der Waals surface area contributed by atoms with E-state index in [2.05, 4.69) is 133 Å². The first-order valence-electron chi connectivity index (χ1n) is 20.3. The summed E-state index contributed by atoms with van der Waals surface area (Å²) in [6.45, 7) is 2.74. The largest absolute Gasteiger partial charge is 0.310 e. The molecule has 7 aromatic rings. The van der Waals surface area contributed by atoms with Crippen LogP contribution in [0.2, 0.25) is 0 Å². The van der Waals surface area contributed by atoms with E-state index in [0.717, 1.165) is 100 Å². The van der Waals surface area contributed by atoms with Crippen LogP contribution in [0.15, 0.2) is 186 Å². The third kappa shape index (κ3) is 4.76. The first-order valence-corrected chi connectivity index (χ1v) is 20.3. The van der Waals surface area contributed by atoms with Gasteiger partial charge >= 0.3 is 0 Å². The van der Waals surface area contributed by atoms with Gasteiger partial charge in [0.05, 0.1) is 0 Å². The van der Waals surface area contributed by atoms with Crippen LogP contribution in [0, 0.1) is 5.92 Å². The Labute approximate surface area is 337 Å². The number of benzene rings is 6. The molecule has 2 aliphatic carbocycles. The molecule has 0 fully saturated rings. The fraction of sp³-hybridized carbons (Fsp3) is 0.120. The summed E-state index contributed by atoms with van der Waals surface area (Å²) in [5.74, 6) is 2.29. The summed E-state index contributed by atoms with van der Waals surface area (Å²) in [6.07, 6.45) is 9.99. The summed E-state index contributed by atoms with van der Waals surface area (Å²) in [4.78, 5) is 32.1. The van der Waals surface area contributed by atoms with Crippen LogP contribution in [-0.2, 0) is 6.54 Å². The van der Waals surface area contributed by atoms with E-state index in [1.165, 1.54) is 10.6 Å². The number of aromatic nitrogens is 1. The van der Waals surface area contributed by atoms with Gasteiger partial charge in [0.2, 0.25) is 0 Å². The average molecular weight is 763 g/mol. The molecule has 1 aromatic heterocycles. The van der Waals surface area contributed by atoms with Crippen molar-refractivity contribution in [1.82, 2.24) is 9.63 Å². The van der Waals surface area contributed by atoms with Crippen LogP contribution in [-0.4, -0.2) is 44.3 Å². The van der Waals surface area contributed by atoms with E-state index in [9.17, 15) is 5.21 Å². The lowest BCUT2D eigenvalue weighted by Crippen LogP contribution is -2.30. The SMILES string of the molecule is CCn1c2c3cc4ccccc4cc3c1=NC1=NC(=NC3C4C=C5CCC=CC5=CC4=C(N=C4N=C(N=2)c2cc5ccccc5cc24)N3O)c2cc3ccccc3cc21. The van der Waals surface area contributed by atoms with Gasteiger partial charge in [-0.3, -0.25) is 5.21 Å². The molecule has 280 valence electrons. The zero-order valence-electron chi connectivity index (χ0n) is 32.0. The standard InChI is InChI=1S/C50H34N8O/c1-2-57-47-39-23-31-15-7-8-16-32(31)24-40(39)48(57)54-44-36-20-28-12-4-6-14-30(28)22-38(36)46(52-44)56-50-42-26-34-18-10-9-17-33(34)25-41(42)49(58(50)59)55-45-37-21-29-13-5-3-11-27(29)19-35(37)43(51-45)53-47/h3-9,11-17,19-26,42,50,59H,2,10,18H2,1H3. The van der Waals surface area contributed by atoms with E-state index in [4.69, 9.17) is 30.0 Å². The van der Waals surface area contributed by atoms with E-state index in [1.807, 2.05) is 12.1 Å². The molecular weight excluding hydrogens is 729 g/mol. The van der Waals surface area contributed by atoms with E-state index >= 15 is 0 Å². The van der Waals surface area contributed by atoms with Gasteiger partial charge in [0.25, 0.3) is 0 Å². The number of hydrogen-bond donors (Lipinski definition) is 1. The summed E-state index contributed by atoms with van der Waals surface area (Å²) in [6, 6.07) is 38.1. The number of aliphatic imine (C=N–C) groups is 4. The van der Waals surface area contributed by atoms with Gasteiger partial charge in [-0.05, 0) is 106 Å². The minimum atomic E-state index is -0.727. The minimum Gasteiger partial charge on any atom is -0.310 e. The molecule has 0 amide bonds. The molecule has 0 radical (unpaired) electrons. The summed E-state index contributed by atoms with van der Waals surface area (Å²) in [5.41, 5.74) is 8.31. The highest BCUT2D eigenvalue weighted by atomic mass is 16.5. The Morgan fingerprint density at radius 1 is 0.610 bits per heavy atom. The van der Waals surface area contributed by atoms with Crippen LogP contribution >= 0.6 is 0 Å². The van der Waals surface area contributed by atoms with E-state index in [-0.39, 0.29) is 5.92 Å². The quantitative estimate of drug-likeness (QED) is 0.181. The van der Waals surface area contributed by atoms with Crippen LogP contribution in [0.1, 0.15) is 42.0 Å². The molecule has 8 bridgehead atoms. The van der Waals surface area contributed by atoms with Crippen LogP contribution in [0.3, 0.4) is 0 Å². The Balaban J connectivity index is 1.18. The highest BCUT2D eigenvalue weighted by Crippen LogP contribution is 2.44. The Hall–Kier alpha value is -7.36. The normalized spacial score (nSPS) is 20.0. The molecule has 6 aromatic carbocycles. The Kier molecular flexibility index (Phi) is 6.69. The van der Waals surface area contributed by atoms with Crippen molar-refractivity contribution in [2.24, 2.45) is 35.9 Å². The number of rotatable bonds is 1. The van der Waals surface area contributed by atoms with Gasteiger partial charge < -0.3 is 4.57 Å². The van der Waals surface area contributed by atoms with Crippen molar-refractivity contribution in [2.45, 2.75) is 32.5 Å². The maximum Gasteiger partial charge on any atom is 0.164 e. The topological polar surface area (TPSA) is 103 Å². The van der Waals surface area contributed by atoms with Crippen molar-refractivity contribution in [1.29, 1.82) is 0 Å². The molecule has 9 nitrogen and oxygen atoms in total. The molecule has 0 saturated carbocycles. The molecule has 0 saturated heterocycles. The Bertz CT molecular complexity index is 3520. The van der Waals surface area contributed by atoms with Crippen LogP contribution in [0.4, 0.5) is 0 Å². The van der Waals surface area contributed by atoms with Crippen LogP contribution in [0.25, 0.3) is 43.1 Å². The Morgan fingerprint density at radius 2 is 1.10 bits per heavy atom. The Morgan fingerprint density at radius 3 is 1.64 bits per heavy atom. The minimum absolute atomic E-state index is 0.268. The lowest BCUT2D eigenvalue weighted by Gasteiger charge is -2.25. The molecule has 4 aliphatic heterocycles. The number of hydroxylamine groups is 2. The van der Waals surface area contributed by atoms with Gasteiger partial charge in [-0.2, -0.15) is 0 Å². The van der Waals surface area contributed by atoms with Crippen LogP contribution in [0.5, 0.6) is 0 Å². The lowest BCUT2D eigenvalue weighted by molar-refractivity contribution is -0.0856. The first-order chi connectivity index (χ1) is 29.1. The van der Waals surface area contributed by atoms with Crippen molar-refractivity contribution in [3.63, 3.8) is 0 Å². The number of amidine groups is 4. The molecule has 6 aliphatic rings. The van der Waals surface area contributed by atoms with E-state index < -0.39 is 6.17 Å². The van der Waals surface area contributed by atoms with Crippen molar-refractivity contribution >= 4 is 66.4 Å². The van der Waals surface area contributed by atoms with Crippen molar-refractivity contribution in [2.75, 3.05) is 0 Å². The van der Waals surface area contributed by atoms with Gasteiger partial charge in [-0.15, -0.1) is 0 Å². The van der Waals surface area contributed by atoms with Gasteiger partial charge in [-0.1, -0.05) is 91.0 Å². The predicted molar refractivity (Wildman–Crippen MR) is 234 cm³/mol. The summed E-state index contributed by atoms with van der Waals surface area (Å²) in [5, 5.41) is 22.1. The number of nitrogens with zero attached hydrogens (tertiary/aromatic N) is 8. The smallest absolute Gasteiger partial charge is 0.164 e. The molecule has 9 heteroatoms. The molecule has 1 N–H and O–H groups in total. The predicted octanol–water partition coefficient (Wildman–Crippen LogP) is 8.86. The van der Waals surface area contributed by atoms with Gasteiger partial charge in [-0.25, -0.2) is 35.0 Å². The third-order valence-corrected chi connectivity index (χ3v) is 12.6. The summed E-state index contributed by atoms with van der Waals surface area (Å²) < 4.78 is 2.18. The molecule has 59 heavy (non-hydrogen) atoms. The number of fused-ring (bicyclic) bond motifs is 21. The maximum absolute atomic E-state index is 12.4. The zero-order valence-corrected chi connectivity index (χ0v) is 32.0. The van der Waals surface area contributed by atoms with Crippen molar-refractivity contribution in [3.05, 3.63) is 189 Å². The fourth-order valence-electron chi connectivity index (χ4n) is 9.70. The second-order valence-electron chi connectivity index (χ2n) is 15.9. The van der Waals surface area contributed by atoms with E-state index in [0.29, 0.717) is 35.7 Å². The highest BCUT2D eigenvalue weighted by Gasteiger charge is 2.42. The molecular formula is C50H34N8O. The maximum atomic E-state index is 12.4. The fourth-order valence-corrected chi connectivity index (χ4v) is 9.70. The number of hydrogen-bond acceptors (Lipinski definition) is 8. The molecule has 0 spiro atoms. The monoisotopic (exact) mass is 762 g/mol. The van der Waals surface area contributed by atoms with E-state index in [1.54, 1.807) is 0 Å². The average Bonchev–Trinajstić information content (AvgIpc) is 3.95. The zero-order chi connectivity index (χ0) is 38.9. The second-order valence-corrected chi connectivity index (χ2v) is 15.9. The third-order valence-electron chi connectivity index (χ3n) is 12.6. The molecule has 13 rings (SSSR count). The van der Waals surface area contributed by atoms with Gasteiger partial charge in [0.1, 0.15) is 11.0 Å². The highest BCUT2D eigenvalue weighted by molar-refractivity contribution is 6.25. The van der Waals surface area contributed by atoms with Crippen LogP contribution < -0.4 is 11.0 Å². The van der Waals surface area contributed by atoms with Crippen molar-refractivity contribution in [3.8, 4) is 0 Å². The summed E-state index contributed by atoms with van der Waals surface area (Å²) >= 11 is 0. The van der Waals surface area contributed by atoms with Gasteiger partial charge in [0.15, 0.2) is 35.3 Å². The molecule has 2 atom stereocenters. The second kappa shape index (κ2) is 12.1. The number of allylic oxidation sites excluding steroid dienone is 5. The summed E-state index contributed by atoms with van der Waals surface area (Å²) in [7, 11) is 0. The lowest BCUT2D eigenvalue weighted by atomic mass is 9.82. The van der Waals surface area contributed by atoms with Gasteiger partial charge in [0, 0.05) is 51.1 Å². The molecule has 2 unspecified atom stereocenters. The van der Waals surface area contributed by atoms with Crippen molar-refractivity contribution < 1.29 is 5.21 Å². The first kappa shape index (κ1) is 32.7. The molecule has 5 heterocycles.